The van der Waals surface area contributed by atoms with Gasteiger partial charge in [-0.15, -0.1) is 11.8 Å². The van der Waals surface area contributed by atoms with Gasteiger partial charge in [0.25, 0.3) is 5.91 Å². The number of thioether (sulfide) groups is 1. The summed E-state index contributed by atoms with van der Waals surface area (Å²) in [6.07, 6.45) is 1.74. The molecule has 6 heteroatoms. The number of piperidine rings is 1. The van der Waals surface area contributed by atoms with Crippen LogP contribution in [0.4, 0.5) is 4.39 Å². The molecule has 2 aromatic rings. The van der Waals surface area contributed by atoms with Crippen LogP contribution < -0.4 is 0 Å². The maximum atomic E-state index is 13.1. The number of hydrogen-bond acceptors (Lipinski definition) is 3. The molecule has 2 atom stereocenters. The van der Waals surface area contributed by atoms with E-state index in [1.807, 2.05) is 28.9 Å². The summed E-state index contributed by atoms with van der Waals surface area (Å²) in [5.41, 5.74) is 2.94. The van der Waals surface area contributed by atoms with E-state index in [-0.39, 0.29) is 28.3 Å². The van der Waals surface area contributed by atoms with E-state index in [4.69, 9.17) is 0 Å². The third-order valence-electron chi connectivity index (χ3n) is 6.15. The molecule has 0 bridgehead atoms. The second kappa shape index (κ2) is 8.80. The minimum absolute atomic E-state index is 0.0326. The first-order valence-electron chi connectivity index (χ1n) is 10.5. The zero-order valence-corrected chi connectivity index (χ0v) is 18.2. The molecule has 0 aromatic heterocycles. The number of likely N-dealkylation sites (tertiary alicyclic amines) is 1. The van der Waals surface area contributed by atoms with E-state index in [0.717, 1.165) is 19.4 Å². The number of amides is 2. The molecule has 0 aliphatic carbocycles. The van der Waals surface area contributed by atoms with Crippen LogP contribution in [0, 0.1) is 18.7 Å². The lowest BCUT2D eigenvalue weighted by molar-refractivity contribution is -0.130. The van der Waals surface area contributed by atoms with Gasteiger partial charge in [0.15, 0.2) is 0 Å². The van der Waals surface area contributed by atoms with Crippen LogP contribution in [0.5, 0.6) is 0 Å². The Kier molecular flexibility index (Phi) is 6.14. The smallest absolute Gasteiger partial charge is 0.253 e. The van der Waals surface area contributed by atoms with Gasteiger partial charge in [-0.05, 0) is 68.0 Å². The topological polar surface area (TPSA) is 40.6 Å². The Morgan fingerprint density at radius 2 is 1.77 bits per heavy atom. The highest BCUT2D eigenvalue weighted by Gasteiger charge is 2.40. The maximum absolute atomic E-state index is 13.1. The summed E-state index contributed by atoms with van der Waals surface area (Å²) in [5.74, 6) is 0.199. The van der Waals surface area contributed by atoms with Crippen LogP contribution in [0.25, 0.3) is 0 Å². The minimum Gasteiger partial charge on any atom is -0.339 e. The number of carbonyl (C=O) groups is 2. The average molecular weight is 427 g/mol. The third-order valence-corrected chi connectivity index (χ3v) is 7.53. The Balaban J connectivity index is 1.40. The first-order chi connectivity index (χ1) is 14.4. The highest BCUT2D eigenvalue weighted by molar-refractivity contribution is 8.01. The molecule has 2 fully saturated rings. The summed E-state index contributed by atoms with van der Waals surface area (Å²) in [7, 11) is 0. The summed E-state index contributed by atoms with van der Waals surface area (Å²) in [6, 6.07) is 14.0. The van der Waals surface area contributed by atoms with Crippen molar-refractivity contribution in [3.63, 3.8) is 0 Å². The van der Waals surface area contributed by atoms with Crippen LogP contribution in [0.3, 0.4) is 0 Å². The molecule has 4 nitrogen and oxygen atoms in total. The largest absolute Gasteiger partial charge is 0.339 e. The predicted molar refractivity (Wildman–Crippen MR) is 118 cm³/mol. The molecular weight excluding hydrogens is 399 g/mol. The summed E-state index contributed by atoms with van der Waals surface area (Å²) < 4.78 is 13.1. The van der Waals surface area contributed by atoms with Crippen molar-refractivity contribution < 1.29 is 14.0 Å². The summed E-state index contributed by atoms with van der Waals surface area (Å²) in [5, 5.41) is 0.0299. The number of carbonyl (C=O) groups excluding carboxylic acids is 2. The zero-order valence-electron chi connectivity index (χ0n) is 17.4. The standard InChI is InChI=1S/C24H27FN2O2S/c1-16-5-3-4-6-21(16)24-27(22(28)17(2)30-24)15-18-11-13-26(14-12-18)23(29)19-7-9-20(25)10-8-19/h3-10,17-18,24H,11-15H2,1-2H3/t17-,24-/m1/s1. The SMILES string of the molecule is Cc1ccccc1[C@H]1S[C@H](C)C(=O)N1CC1CCN(C(=O)c2ccc(F)cc2)CC1. The monoisotopic (exact) mass is 426 g/mol. The van der Waals surface area contributed by atoms with Crippen molar-refractivity contribution in [3.8, 4) is 0 Å². The van der Waals surface area contributed by atoms with Gasteiger partial charge in [-0.2, -0.15) is 0 Å². The summed E-state index contributed by atoms with van der Waals surface area (Å²) >= 11 is 1.72. The van der Waals surface area contributed by atoms with Crippen LogP contribution in [-0.2, 0) is 4.79 Å². The number of halogens is 1. The Hall–Kier alpha value is -2.34. The minimum atomic E-state index is -0.337. The van der Waals surface area contributed by atoms with Gasteiger partial charge in [0.2, 0.25) is 5.91 Å². The number of hydrogen-bond donors (Lipinski definition) is 0. The highest BCUT2D eigenvalue weighted by Crippen LogP contribution is 2.44. The Morgan fingerprint density at radius 1 is 1.10 bits per heavy atom. The van der Waals surface area contributed by atoms with Gasteiger partial charge in [0.05, 0.1) is 5.25 Å². The molecule has 2 aliphatic heterocycles. The molecule has 2 saturated heterocycles. The van der Waals surface area contributed by atoms with E-state index in [9.17, 15) is 14.0 Å². The lowest BCUT2D eigenvalue weighted by Crippen LogP contribution is -2.42. The molecule has 2 aliphatic rings. The average Bonchev–Trinajstić information content (AvgIpc) is 3.03. The van der Waals surface area contributed by atoms with Crippen molar-refractivity contribution >= 4 is 23.6 Å². The number of benzene rings is 2. The summed E-state index contributed by atoms with van der Waals surface area (Å²) in [6.45, 7) is 6.15. The molecule has 2 heterocycles. The first kappa shape index (κ1) is 20.9. The third kappa shape index (κ3) is 4.24. The predicted octanol–water partition coefficient (Wildman–Crippen LogP) is 4.65. The van der Waals surface area contributed by atoms with Crippen molar-refractivity contribution in [2.75, 3.05) is 19.6 Å². The van der Waals surface area contributed by atoms with E-state index in [2.05, 4.69) is 19.1 Å². The fraction of sp³-hybridized carbons (Fsp3) is 0.417. The Labute approximate surface area is 181 Å². The van der Waals surface area contributed by atoms with Crippen LogP contribution >= 0.6 is 11.8 Å². The van der Waals surface area contributed by atoms with Gasteiger partial charge in [-0.1, -0.05) is 24.3 Å². The molecule has 4 rings (SSSR count). The zero-order chi connectivity index (χ0) is 21.3. The fourth-order valence-corrected chi connectivity index (χ4v) is 5.72. The van der Waals surface area contributed by atoms with Crippen LogP contribution in [0.2, 0.25) is 0 Å². The molecule has 30 heavy (non-hydrogen) atoms. The molecular formula is C24H27FN2O2S. The molecule has 0 spiro atoms. The van der Waals surface area contributed by atoms with Gasteiger partial charge >= 0.3 is 0 Å². The number of rotatable bonds is 4. The quantitative estimate of drug-likeness (QED) is 0.715. The Bertz CT molecular complexity index is 925. The molecule has 0 N–H and O–H groups in total. The van der Waals surface area contributed by atoms with Crippen molar-refractivity contribution in [1.82, 2.24) is 9.80 Å². The number of nitrogens with zero attached hydrogens (tertiary/aromatic N) is 2. The number of aryl methyl sites for hydroxylation is 1. The molecule has 2 aromatic carbocycles. The van der Waals surface area contributed by atoms with Gasteiger partial charge in [0, 0.05) is 25.2 Å². The maximum Gasteiger partial charge on any atom is 0.253 e. The molecule has 2 amide bonds. The lowest BCUT2D eigenvalue weighted by atomic mass is 9.95. The van der Waals surface area contributed by atoms with Crippen molar-refractivity contribution in [2.45, 2.75) is 37.3 Å². The van der Waals surface area contributed by atoms with Gasteiger partial charge in [0.1, 0.15) is 11.2 Å². The first-order valence-corrected chi connectivity index (χ1v) is 11.4. The van der Waals surface area contributed by atoms with E-state index < -0.39 is 0 Å². The normalized spacial score (nSPS) is 22.6. The van der Waals surface area contributed by atoms with Crippen molar-refractivity contribution in [1.29, 1.82) is 0 Å². The van der Waals surface area contributed by atoms with E-state index >= 15 is 0 Å². The van der Waals surface area contributed by atoms with Crippen LogP contribution in [-0.4, -0.2) is 46.5 Å². The molecule has 158 valence electrons. The Morgan fingerprint density at radius 3 is 2.43 bits per heavy atom. The van der Waals surface area contributed by atoms with Crippen LogP contribution in [0.15, 0.2) is 48.5 Å². The highest BCUT2D eigenvalue weighted by atomic mass is 32.2. The van der Waals surface area contributed by atoms with Crippen LogP contribution in [0.1, 0.15) is 46.6 Å². The lowest BCUT2D eigenvalue weighted by Gasteiger charge is -2.35. The van der Waals surface area contributed by atoms with Crippen molar-refractivity contribution in [3.05, 3.63) is 71.0 Å². The van der Waals surface area contributed by atoms with Gasteiger partial charge < -0.3 is 9.80 Å². The fourth-order valence-electron chi connectivity index (χ4n) is 4.34. The van der Waals surface area contributed by atoms with Gasteiger partial charge in [-0.3, -0.25) is 9.59 Å². The van der Waals surface area contributed by atoms with E-state index in [0.29, 0.717) is 24.6 Å². The molecule has 0 radical (unpaired) electrons. The summed E-state index contributed by atoms with van der Waals surface area (Å²) in [4.78, 5) is 29.4. The second-order valence-electron chi connectivity index (χ2n) is 8.22. The van der Waals surface area contributed by atoms with E-state index in [1.54, 1.807) is 11.8 Å². The van der Waals surface area contributed by atoms with Crippen molar-refractivity contribution in [2.24, 2.45) is 5.92 Å². The molecule has 0 saturated carbocycles. The second-order valence-corrected chi connectivity index (χ2v) is 9.65. The molecule has 0 unspecified atom stereocenters. The van der Waals surface area contributed by atoms with E-state index in [1.165, 1.54) is 35.4 Å². The van der Waals surface area contributed by atoms with Gasteiger partial charge in [-0.25, -0.2) is 4.39 Å².